The summed E-state index contributed by atoms with van der Waals surface area (Å²) in [6.07, 6.45) is 0. The van der Waals surface area contributed by atoms with Gasteiger partial charge in [0.25, 0.3) is 5.91 Å². The van der Waals surface area contributed by atoms with E-state index in [0.29, 0.717) is 11.4 Å². The van der Waals surface area contributed by atoms with Crippen LogP contribution in [0.25, 0.3) is 0 Å². The van der Waals surface area contributed by atoms with E-state index >= 15 is 0 Å². The zero-order valence-electron chi connectivity index (χ0n) is 12.7. The molecule has 0 heterocycles. The number of rotatable bonds is 7. The molecule has 5 nitrogen and oxygen atoms in total. The summed E-state index contributed by atoms with van der Waals surface area (Å²) < 4.78 is 9.98. The van der Waals surface area contributed by atoms with Crippen LogP contribution in [0.1, 0.15) is 0 Å². The SMILES string of the molecule is COC(=O)CSc1cccc(NC(=O)COc2ccccc2)c1. The van der Waals surface area contributed by atoms with Crippen LogP contribution in [0, 0.1) is 0 Å². The molecule has 0 aromatic heterocycles. The molecule has 1 N–H and O–H groups in total. The van der Waals surface area contributed by atoms with Gasteiger partial charge in [0.1, 0.15) is 5.75 Å². The number of carbonyl (C=O) groups is 2. The lowest BCUT2D eigenvalue weighted by Gasteiger charge is -2.08. The Balaban J connectivity index is 1.84. The van der Waals surface area contributed by atoms with Crippen molar-refractivity contribution in [3.8, 4) is 5.75 Å². The highest BCUT2D eigenvalue weighted by Crippen LogP contribution is 2.21. The molecular weight excluding hydrogens is 314 g/mol. The van der Waals surface area contributed by atoms with Gasteiger partial charge in [-0.15, -0.1) is 11.8 Å². The number of ether oxygens (including phenoxy) is 2. The molecule has 0 aliphatic carbocycles. The van der Waals surface area contributed by atoms with Gasteiger partial charge in [0.05, 0.1) is 12.9 Å². The first-order valence-corrected chi connectivity index (χ1v) is 7.93. The highest BCUT2D eigenvalue weighted by molar-refractivity contribution is 8.00. The highest BCUT2D eigenvalue weighted by atomic mass is 32.2. The van der Waals surface area contributed by atoms with E-state index < -0.39 is 0 Å². The van der Waals surface area contributed by atoms with Crippen LogP contribution in [0.2, 0.25) is 0 Å². The van der Waals surface area contributed by atoms with Gasteiger partial charge in [-0.25, -0.2) is 0 Å². The van der Waals surface area contributed by atoms with E-state index in [0.717, 1.165) is 4.90 Å². The third-order valence-electron chi connectivity index (χ3n) is 2.82. The maximum absolute atomic E-state index is 11.9. The van der Waals surface area contributed by atoms with E-state index in [2.05, 4.69) is 10.1 Å². The molecule has 0 fully saturated rings. The number of hydrogen-bond acceptors (Lipinski definition) is 5. The van der Waals surface area contributed by atoms with Crippen molar-refractivity contribution in [2.75, 3.05) is 24.8 Å². The molecule has 2 aromatic rings. The molecule has 120 valence electrons. The summed E-state index contributed by atoms with van der Waals surface area (Å²) >= 11 is 1.35. The summed E-state index contributed by atoms with van der Waals surface area (Å²) in [7, 11) is 1.35. The average Bonchev–Trinajstić information content (AvgIpc) is 2.59. The molecule has 0 aliphatic rings. The maximum atomic E-state index is 11.9. The van der Waals surface area contributed by atoms with E-state index in [1.54, 1.807) is 24.3 Å². The van der Waals surface area contributed by atoms with Gasteiger partial charge in [0, 0.05) is 10.6 Å². The molecule has 2 aromatic carbocycles. The number of methoxy groups -OCH3 is 1. The molecule has 6 heteroatoms. The maximum Gasteiger partial charge on any atom is 0.315 e. The number of carbonyl (C=O) groups excluding carboxylic acids is 2. The Kier molecular flexibility index (Phi) is 6.50. The zero-order valence-corrected chi connectivity index (χ0v) is 13.5. The van der Waals surface area contributed by atoms with Crippen LogP contribution in [0.4, 0.5) is 5.69 Å². The standard InChI is InChI=1S/C17H17NO4S/c1-21-17(20)12-23-15-9-5-6-13(10-15)18-16(19)11-22-14-7-3-2-4-8-14/h2-10H,11-12H2,1H3,(H,18,19). The molecule has 0 aliphatic heterocycles. The fraction of sp³-hybridized carbons (Fsp3) is 0.176. The summed E-state index contributed by atoms with van der Waals surface area (Å²) in [5, 5.41) is 2.76. The van der Waals surface area contributed by atoms with Gasteiger partial charge in [-0.3, -0.25) is 9.59 Å². The lowest BCUT2D eigenvalue weighted by atomic mass is 10.3. The van der Waals surface area contributed by atoms with E-state index in [-0.39, 0.29) is 24.2 Å². The smallest absolute Gasteiger partial charge is 0.315 e. The van der Waals surface area contributed by atoms with Crippen LogP contribution >= 0.6 is 11.8 Å². The molecule has 0 spiro atoms. The molecule has 1 amide bonds. The third kappa shape index (κ3) is 6.04. The predicted molar refractivity (Wildman–Crippen MR) is 89.7 cm³/mol. The zero-order chi connectivity index (χ0) is 16.5. The van der Waals surface area contributed by atoms with Crippen molar-refractivity contribution in [2.45, 2.75) is 4.90 Å². The summed E-state index contributed by atoms with van der Waals surface area (Å²) in [6.45, 7) is -0.0659. The van der Waals surface area contributed by atoms with Gasteiger partial charge in [-0.2, -0.15) is 0 Å². The van der Waals surface area contributed by atoms with Crippen LogP contribution in [0.15, 0.2) is 59.5 Å². The first kappa shape index (κ1) is 16.9. The largest absolute Gasteiger partial charge is 0.484 e. The number of para-hydroxylation sites is 1. The van der Waals surface area contributed by atoms with Gasteiger partial charge in [-0.05, 0) is 30.3 Å². The fourth-order valence-electron chi connectivity index (χ4n) is 1.73. The van der Waals surface area contributed by atoms with Crippen LogP contribution in [-0.2, 0) is 14.3 Å². The minimum Gasteiger partial charge on any atom is -0.484 e. The summed E-state index contributed by atoms with van der Waals surface area (Å²) in [4.78, 5) is 23.9. The van der Waals surface area contributed by atoms with E-state index in [1.807, 2.05) is 30.3 Å². The topological polar surface area (TPSA) is 64.6 Å². The van der Waals surface area contributed by atoms with Crippen LogP contribution in [-0.4, -0.2) is 31.3 Å². The van der Waals surface area contributed by atoms with E-state index in [9.17, 15) is 9.59 Å². The Morgan fingerprint density at radius 3 is 2.61 bits per heavy atom. The van der Waals surface area contributed by atoms with Gasteiger partial charge in [-0.1, -0.05) is 24.3 Å². The lowest BCUT2D eigenvalue weighted by Crippen LogP contribution is -2.20. The first-order chi connectivity index (χ1) is 11.2. The minimum atomic E-state index is -0.291. The Labute approximate surface area is 139 Å². The number of anilines is 1. The first-order valence-electron chi connectivity index (χ1n) is 6.95. The average molecular weight is 331 g/mol. The molecule has 23 heavy (non-hydrogen) atoms. The summed E-state index contributed by atoms with van der Waals surface area (Å²) in [6, 6.07) is 16.4. The molecule has 0 atom stereocenters. The van der Waals surface area contributed by atoms with Gasteiger partial charge >= 0.3 is 5.97 Å². The monoisotopic (exact) mass is 331 g/mol. The van der Waals surface area contributed by atoms with Gasteiger partial charge < -0.3 is 14.8 Å². The highest BCUT2D eigenvalue weighted by Gasteiger charge is 2.06. The normalized spacial score (nSPS) is 9.96. The Morgan fingerprint density at radius 1 is 1.09 bits per heavy atom. The van der Waals surface area contributed by atoms with Gasteiger partial charge in [0.2, 0.25) is 0 Å². The van der Waals surface area contributed by atoms with E-state index in [1.165, 1.54) is 18.9 Å². The number of hydrogen-bond donors (Lipinski definition) is 1. The van der Waals surface area contributed by atoms with Crippen molar-refractivity contribution in [1.29, 1.82) is 0 Å². The van der Waals surface area contributed by atoms with Crippen molar-refractivity contribution >= 4 is 29.3 Å². The number of benzene rings is 2. The van der Waals surface area contributed by atoms with E-state index in [4.69, 9.17) is 4.74 Å². The van der Waals surface area contributed by atoms with Crippen molar-refractivity contribution < 1.29 is 19.1 Å². The molecule has 0 unspecified atom stereocenters. The Hall–Kier alpha value is -2.47. The number of esters is 1. The lowest BCUT2D eigenvalue weighted by molar-refractivity contribution is -0.137. The molecule has 2 rings (SSSR count). The quantitative estimate of drug-likeness (QED) is 0.624. The molecule has 0 saturated carbocycles. The van der Waals surface area contributed by atoms with Gasteiger partial charge in [0.15, 0.2) is 6.61 Å². The molecule has 0 bridgehead atoms. The van der Waals surface area contributed by atoms with Crippen molar-refractivity contribution in [1.82, 2.24) is 0 Å². The predicted octanol–water partition coefficient (Wildman–Crippen LogP) is 2.97. The fourth-order valence-corrected chi connectivity index (χ4v) is 2.51. The number of amides is 1. The Bertz CT molecular complexity index is 661. The van der Waals surface area contributed by atoms with Crippen molar-refractivity contribution in [2.24, 2.45) is 0 Å². The number of thioether (sulfide) groups is 1. The van der Waals surface area contributed by atoms with Crippen molar-refractivity contribution in [3.05, 3.63) is 54.6 Å². The molecule has 0 saturated heterocycles. The second-order valence-electron chi connectivity index (χ2n) is 4.54. The molecule has 0 radical (unpaired) electrons. The second-order valence-corrected chi connectivity index (χ2v) is 5.59. The summed E-state index contributed by atoms with van der Waals surface area (Å²) in [5.41, 5.74) is 0.654. The second kappa shape index (κ2) is 8.85. The van der Waals surface area contributed by atoms with Crippen LogP contribution in [0.3, 0.4) is 0 Å². The third-order valence-corrected chi connectivity index (χ3v) is 3.78. The van der Waals surface area contributed by atoms with Crippen LogP contribution < -0.4 is 10.1 Å². The Morgan fingerprint density at radius 2 is 1.87 bits per heavy atom. The summed E-state index contributed by atoms with van der Waals surface area (Å²) in [5.74, 6) is 0.333. The molecular formula is C17H17NO4S. The van der Waals surface area contributed by atoms with Crippen LogP contribution in [0.5, 0.6) is 5.75 Å². The van der Waals surface area contributed by atoms with Crippen molar-refractivity contribution in [3.63, 3.8) is 0 Å². The minimum absolute atomic E-state index is 0.0659. The number of nitrogens with one attached hydrogen (secondary N) is 1.